The largest absolute Gasteiger partial charge is 0.360 e. The molecule has 1 aromatic heterocycles. The summed E-state index contributed by atoms with van der Waals surface area (Å²) >= 11 is 5.87. The van der Waals surface area contributed by atoms with Crippen molar-refractivity contribution < 1.29 is 12.9 Å². The topological polar surface area (TPSA) is 63.4 Å². The average molecular weight is 301 g/mol. The number of anilines is 1. The zero-order valence-corrected chi connectivity index (χ0v) is 12.3. The van der Waals surface area contributed by atoms with Gasteiger partial charge in [-0.25, -0.2) is 8.42 Å². The lowest BCUT2D eigenvalue weighted by Gasteiger charge is -2.19. The molecule has 0 aliphatic carbocycles. The molecule has 0 saturated heterocycles. The van der Waals surface area contributed by atoms with Gasteiger partial charge in [0.2, 0.25) is 0 Å². The number of nitrogens with zero attached hydrogens (tertiary/aromatic N) is 2. The van der Waals surface area contributed by atoms with Crippen molar-refractivity contribution in [1.82, 2.24) is 5.16 Å². The van der Waals surface area contributed by atoms with E-state index in [0.29, 0.717) is 16.4 Å². The van der Waals surface area contributed by atoms with E-state index in [4.69, 9.17) is 16.1 Å². The summed E-state index contributed by atoms with van der Waals surface area (Å²) in [5.74, 6) is 0.270. The van der Waals surface area contributed by atoms with Crippen molar-refractivity contribution in [3.05, 3.63) is 40.7 Å². The molecule has 19 heavy (non-hydrogen) atoms. The molecule has 2 aromatic rings. The van der Waals surface area contributed by atoms with Crippen LogP contribution in [0.1, 0.15) is 11.5 Å². The quantitative estimate of drug-likeness (QED) is 0.874. The second-order valence-corrected chi connectivity index (χ2v) is 6.45. The molecule has 5 nitrogen and oxygen atoms in total. The zero-order valence-electron chi connectivity index (χ0n) is 10.7. The average Bonchev–Trinajstić information content (AvgIpc) is 2.68. The molecule has 1 heterocycles. The number of aromatic nitrogens is 1. The molecule has 0 aliphatic rings. The van der Waals surface area contributed by atoms with Gasteiger partial charge in [0, 0.05) is 12.1 Å². The van der Waals surface area contributed by atoms with Gasteiger partial charge in [0.15, 0.2) is 10.7 Å². The van der Waals surface area contributed by atoms with Crippen LogP contribution < -0.4 is 4.31 Å². The molecule has 0 radical (unpaired) electrons. The minimum atomic E-state index is -3.71. The predicted octanol–water partition coefficient (Wildman–Crippen LogP) is 2.77. The van der Waals surface area contributed by atoms with Crippen LogP contribution >= 0.6 is 11.6 Å². The first-order valence-corrected chi connectivity index (χ1v) is 7.33. The molecule has 2 rings (SSSR count). The molecule has 0 spiro atoms. The van der Waals surface area contributed by atoms with E-state index >= 15 is 0 Å². The van der Waals surface area contributed by atoms with E-state index < -0.39 is 10.0 Å². The lowest BCUT2D eigenvalue weighted by atomic mass is 10.3. The van der Waals surface area contributed by atoms with E-state index in [1.165, 1.54) is 7.05 Å². The summed E-state index contributed by atoms with van der Waals surface area (Å²) in [4.78, 5) is 0.0926. The van der Waals surface area contributed by atoms with Gasteiger partial charge in [0.05, 0.1) is 5.69 Å². The first kappa shape index (κ1) is 13.9. The molecular weight excluding hydrogens is 288 g/mol. The molecule has 0 fully saturated rings. The summed E-state index contributed by atoms with van der Waals surface area (Å²) in [5.41, 5.74) is 0.818. The maximum absolute atomic E-state index is 12.5. The molecule has 7 heteroatoms. The van der Waals surface area contributed by atoms with Crippen LogP contribution in [-0.2, 0) is 10.0 Å². The highest BCUT2D eigenvalue weighted by Gasteiger charge is 2.28. The van der Waals surface area contributed by atoms with Gasteiger partial charge in [-0.2, -0.15) is 0 Å². The monoisotopic (exact) mass is 300 g/mol. The van der Waals surface area contributed by atoms with Gasteiger partial charge in [-0.3, -0.25) is 4.31 Å². The normalized spacial score (nSPS) is 11.6. The maximum atomic E-state index is 12.5. The van der Waals surface area contributed by atoms with Gasteiger partial charge < -0.3 is 4.52 Å². The smallest absolute Gasteiger partial charge is 0.269 e. The zero-order chi connectivity index (χ0) is 14.2. The molecule has 0 aliphatic heterocycles. The Hall–Kier alpha value is -1.53. The Balaban J connectivity index is 2.52. The van der Waals surface area contributed by atoms with E-state index in [1.54, 1.807) is 38.1 Å². The lowest BCUT2D eigenvalue weighted by Crippen LogP contribution is -2.27. The fraction of sp³-hybridized carbons (Fsp3) is 0.250. The van der Waals surface area contributed by atoms with Crippen molar-refractivity contribution >= 4 is 27.3 Å². The van der Waals surface area contributed by atoms with Crippen LogP contribution in [0.4, 0.5) is 5.69 Å². The van der Waals surface area contributed by atoms with Crippen LogP contribution in [-0.4, -0.2) is 20.6 Å². The van der Waals surface area contributed by atoms with E-state index in [2.05, 4.69) is 5.16 Å². The Bertz CT molecular complexity index is 690. The van der Waals surface area contributed by atoms with Crippen LogP contribution in [0.5, 0.6) is 0 Å². The summed E-state index contributed by atoms with van der Waals surface area (Å²) in [6, 6.07) is 6.62. The minimum absolute atomic E-state index is 0.0926. The van der Waals surface area contributed by atoms with Crippen LogP contribution in [0.3, 0.4) is 0 Å². The van der Waals surface area contributed by atoms with Crippen LogP contribution in [0.25, 0.3) is 0 Å². The highest BCUT2D eigenvalue weighted by Crippen LogP contribution is 2.27. The van der Waals surface area contributed by atoms with Crippen molar-refractivity contribution in [2.75, 3.05) is 11.4 Å². The highest BCUT2D eigenvalue weighted by atomic mass is 35.5. The summed E-state index contributed by atoms with van der Waals surface area (Å²) in [6.45, 7) is 3.16. The molecule has 0 amide bonds. The van der Waals surface area contributed by atoms with Gasteiger partial charge in [0.25, 0.3) is 10.0 Å². The summed E-state index contributed by atoms with van der Waals surface area (Å²) in [5, 5.41) is 4.14. The number of aryl methyl sites for hydroxylation is 2. The molecule has 0 saturated carbocycles. The molecule has 0 unspecified atom stereocenters. The SMILES string of the molecule is Cc1noc(C)c1S(=O)(=O)N(C)c1cccc(Cl)c1. The van der Waals surface area contributed by atoms with Crippen LogP contribution in [0.15, 0.2) is 33.7 Å². The van der Waals surface area contributed by atoms with E-state index in [1.807, 2.05) is 0 Å². The predicted molar refractivity (Wildman–Crippen MR) is 73.0 cm³/mol. The Labute approximate surface area is 116 Å². The summed E-state index contributed by atoms with van der Waals surface area (Å²) < 4.78 is 31.1. The van der Waals surface area contributed by atoms with E-state index in [9.17, 15) is 8.42 Å². The number of sulfonamides is 1. The van der Waals surface area contributed by atoms with Gasteiger partial charge in [-0.15, -0.1) is 0 Å². The molecule has 0 atom stereocenters. The van der Waals surface area contributed by atoms with Crippen molar-refractivity contribution in [2.45, 2.75) is 18.7 Å². The molecule has 0 bridgehead atoms. The number of hydrogen-bond donors (Lipinski definition) is 0. The van der Waals surface area contributed by atoms with Crippen molar-refractivity contribution in [1.29, 1.82) is 0 Å². The first-order valence-electron chi connectivity index (χ1n) is 5.51. The third-order valence-electron chi connectivity index (χ3n) is 2.76. The van der Waals surface area contributed by atoms with Gasteiger partial charge in [0.1, 0.15) is 5.69 Å². The van der Waals surface area contributed by atoms with Crippen LogP contribution in [0, 0.1) is 13.8 Å². The Kier molecular flexibility index (Phi) is 3.56. The Morgan fingerprint density at radius 3 is 2.53 bits per heavy atom. The number of benzene rings is 1. The van der Waals surface area contributed by atoms with Crippen LogP contribution in [0.2, 0.25) is 5.02 Å². The maximum Gasteiger partial charge on any atom is 0.269 e. The fourth-order valence-corrected chi connectivity index (χ4v) is 3.45. The molecule has 0 N–H and O–H groups in total. The lowest BCUT2D eigenvalue weighted by molar-refractivity contribution is 0.390. The third kappa shape index (κ3) is 2.46. The fourth-order valence-electron chi connectivity index (χ4n) is 1.79. The standard InChI is InChI=1S/C12H13ClN2O3S/c1-8-12(9(2)18-14-8)19(16,17)15(3)11-6-4-5-10(13)7-11/h4-7H,1-3H3. The number of rotatable bonds is 3. The molecule has 1 aromatic carbocycles. The van der Waals surface area contributed by atoms with Gasteiger partial charge >= 0.3 is 0 Å². The Morgan fingerprint density at radius 2 is 2.00 bits per heavy atom. The number of halogens is 1. The molecular formula is C12H13ClN2O3S. The number of hydrogen-bond acceptors (Lipinski definition) is 4. The van der Waals surface area contributed by atoms with E-state index in [0.717, 1.165) is 4.31 Å². The van der Waals surface area contributed by atoms with E-state index in [-0.39, 0.29) is 10.7 Å². The van der Waals surface area contributed by atoms with Gasteiger partial charge in [-0.1, -0.05) is 22.8 Å². The molecule has 102 valence electrons. The summed E-state index contributed by atoms with van der Waals surface area (Å²) in [7, 11) is -2.24. The Morgan fingerprint density at radius 1 is 1.32 bits per heavy atom. The highest BCUT2D eigenvalue weighted by molar-refractivity contribution is 7.92. The third-order valence-corrected chi connectivity index (χ3v) is 5.02. The van der Waals surface area contributed by atoms with Crippen molar-refractivity contribution in [2.24, 2.45) is 0 Å². The second kappa shape index (κ2) is 4.86. The first-order chi connectivity index (χ1) is 8.84. The van der Waals surface area contributed by atoms with Crippen molar-refractivity contribution in [3.63, 3.8) is 0 Å². The second-order valence-electron chi connectivity index (χ2n) is 4.11. The van der Waals surface area contributed by atoms with Gasteiger partial charge in [-0.05, 0) is 32.0 Å². The summed E-state index contributed by atoms with van der Waals surface area (Å²) in [6.07, 6.45) is 0. The van der Waals surface area contributed by atoms with Crippen molar-refractivity contribution in [3.8, 4) is 0 Å². The minimum Gasteiger partial charge on any atom is -0.360 e.